The van der Waals surface area contributed by atoms with Crippen LogP contribution in [0.2, 0.25) is 0 Å². The van der Waals surface area contributed by atoms with Crippen LogP contribution in [0.4, 0.5) is 10.5 Å². The number of urea groups is 1. The number of amides is 3. The molecule has 0 atom stereocenters. The minimum Gasteiger partial charge on any atom is -0.495 e. The summed E-state index contributed by atoms with van der Waals surface area (Å²) in [6.07, 6.45) is 0. The van der Waals surface area contributed by atoms with Crippen molar-refractivity contribution in [1.29, 1.82) is 0 Å². The summed E-state index contributed by atoms with van der Waals surface area (Å²) in [5, 5.41) is 5.55. The molecule has 2 aromatic carbocycles. The van der Waals surface area contributed by atoms with Gasteiger partial charge >= 0.3 is 6.03 Å². The molecule has 7 heteroatoms. The number of benzene rings is 2. The SMILES string of the molecule is COc1ccccc1NC(=O)NCc1ccc(C(=O)N2CCOCC2)cc1. The number of carbonyl (C=O) groups excluding carboxylic acids is 2. The molecule has 2 N–H and O–H groups in total. The van der Waals surface area contributed by atoms with Crippen molar-refractivity contribution in [3.05, 3.63) is 59.7 Å². The third-order valence-electron chi connectivity index (χ3n) is 4.31. The molecule has 0 spiro atoms. The van der Waals surface area contributed by atoms with Crippen LogP contribution < -0.4 is 15.4 Å². The van der Waals surface area contributed by atoms with Crippen LogP contribution in [0.5, 0.6) is 5.75 Å². The van der Waals surface area contributed by atoms with Gasteiger partial charge < -0.3 is 25.0 Å². The fourth-order valence-electron chi connectivity index (χ4n) is 2.81. The van der Waals surface area contributed by atoms with Crippen LogP contribution in [0.3, 0.4) is 0 Å². The van der Waals surface area contributed by atoms with Gasteiger partial charge in [0.05, 0.1) is 26.0 Å². The third-order valence-corrected chi connectivity index (χ3v) is 4.31. The number of anilines is 1. The second-order valence-corrected chi connectivity index (χ2v) is 6.11. The van der Waals surface area contributed by atoms with Crippen molar-refractivity contribution in [2.75, 3.05) is 38.7 Å². The number of hydrogen-bond donors (Lipinski definition) is 2. The zero-order valence-electron chi connectivity index (χ0n) is 15.2. The quantitative estimate of drug-likeness (QED) is 0.849. The number of morpholine rings is 1. The van der Waals surface area contributed by atoms with Crippen LogP contribution in [0, 0.1) is 0 Å². The van der Waals surface area contributed by atoms with E-state index in [-0.39, 0.29) is 11.9 Å². The predicted octanol–water partition coefficient (Wildman–Crippen LogP) is 2.49. The van der Waals surface area contributed by atoms with Gasteiger partial charge in [-0.25, -0.2) is 4.79 Å². The molecule has 1 fully saturated rings. The fourth-order valence-corrected chi connectivity index (χ4v) is 2.81. The molecule has 0 aliphatic carbocycles. The number of para-hydroxylation sites is 2. The molecular weight excluding hydrogens is 346 g/mol. The molecule has 1 aliphatic heterocycles. The van der Waals surface area contributed by atoms with E-state index in [0.717, 1.165) is 5.56 Å². The first-order valence-electron chi connectivity index (χ1n) is 8.81. The Hall–Kier alpha value is -3.06. The van der Waals surface area contributed by atoms with Crippen molar-refractivity contribution >= 4 is 17.6 Å². The van der Waals surface area contributed by atoms with Crippen LogP contribution in [0.1, 0.15) is 15.9 Å². The highest BCUT2D eigenvalue weighted by molar-refractivity contribution is 5.94. The van der Waals surface area contributed by atoms with Crippen molar-refractivity contribution in [3.63, 3.8) is 0 Å². The summed E-state index contributed by atoms with van der Waals surface area (Å²) in [6.45, 7) is 2.74. The highest BCUT2D eigenvalue weighted by atomic mass is 16.5. The second-order valence-electron chi connectivity index (χ2n) is 6.11. The second kappa shape index (κ2) is 9.05. The minimum atomic E-state index is -0.326. The molecule has 0 unspecified atom stereocenters. The molecule has 1 heterocycles. The van der Waals surface area contributed by atoms with E-state index in [0.29, 0.717) is 49.8 Å². The minimum absolute atomic E-state index is 0.00623. The van der Waals surface area contributed by atoms with Crippen LogP contribution in [0.15, 0.2) is 48.5 Å². The molecule has 0 aromatic heterocycles. The summed E-state index contributed by atoms with van der Waals surface area (Å²) in [6, 6.07) is 14.1. The molecule has 7 nitrogen and oxygen atoms in total. The van der Waals surface area contributed by atoms with Crippen molar-refractivity contribution in [1.82, 2.24) is 10.2 Å². The van der Waals surface area contributed by atoms with Gasteiger partial charge in [-0.15, -0.1) is 0 Å². The summed E-state index contributed by atoms with van der Waals surface area (Å²) >= 11 is 0. The Labute approximate surface area is 158 Å². The van der Waals surface area contributed by atoms with Gasteiger partial charge in [-0.3, -0.25) is 4.79 Å². The topological polar surface area (TPSA) is 79.9 Å². The number of ether oxygens (including phenoxy) is 2. The monoisotopic (exact) mass is 369 g/mol. The van der Waals surface area contributed by atoms with Gasteiger partial charge in [0.1, 0.15) is 5.75 Å². The molecule has 3 rings (SSSR count). The molecule has 0 saturated carbocycles. The highest BCUT2D eigenvalue weighted by Gasteiger charge is 2.18. The molecule has 0 radical (unpaired) electrons. The van der Waals surface area contributed by atoms with Crippen molar-refractivity contribution in [2.24, 2.45) is 0 Å². The maximum atomic E-state index is 12.4. The maximum absolute atomic E-state index is 12.4. The van der Waals surface area contributed by atoms with E-state index in [1.54, 1.807) is 36.3 Å². The first-order chi connectivity index (χ1) is 13.2. The number of methoxy groups -OCH3 is 1. The maximum Gasteiger partial charge on any atom is 0.319 e. The van der Waals surface area contributed by atoms with Crippen molar-refractivity contribution < 1.29 is 19.1 Å². The zero-order valence-corrected chi connectivity index (χ0v) is 15.2. The van der Waals surface area contributed by atoms with E-state index in [4.69, 9.17) is 9.47 Å². The molecular formula is C20H23N3O4. The normalized spacial score (nSPS) is 13.7. The van der Waals surface area contributed by atoms with Crippen LogP contribution in [-0.2, 0) is 11.3 Å². The zero-order chi connectivity index (χ0) is 19.1. The van der Waals surface area contributed by atoms with Gasteiger partial charge in [0.25, 0.3) is 5.91 Å². The standard InChI is InChI=1S/C20H23N3O4/c1-26-18-5-3-2-4-17(18)22-20(25)21-14-15-6-8-16(9-7-15)19(24)23-10-12-27-13-11-23/h2-9H,10-14H2,1H3,(H2,21,22,25). The Morgan fingerprint density at radius 1 is 1.07 bits per heavy atom. The molecule has 2 aromatic rings. The molecule has 1 aliphatic rings. The van der Waals surface area contributed by atoms with E-state index in [9.17, 15) is 9.59 Å². The lowest BCUT2D eigenvalue weighted by atomic mass is 10.1. The highest BCUT2D eigenvalue weighted by Crippen LogP contribution is 2.22. The average Bonchev–Trinajstić information content (AvgIpc) is 2.73. The summed E-state index contributed by atoms with van der Waals surface area (Å²) in [4.78, 5) is 26.3. The third kappa shape index (κ3) is 4.98. The van der Waals surface area contributed by atoms with E-state index in [1.807, 2.05) is 24.3 Å². The summed E-state index contributed by atoms with van der Waals surface area (Å²) in [5.41, 5.74) is 2.15. The average molecular weight is 369 g/mol. The molecule has 3 amide bonds. The molecule has 27 heavy (non-hydrogen) atoms. The number of nitrogens with zero attached hydrogens (tertiary/aromatic N) is 1. The van der Waals surface area contributed by atoms with Crippen LogP contribution in [-0.4, -0.2) is 50.3 Å². The molecule has 142 valence electrons. The Kier molecular flexibility index (Phi) is 6.27. The summed E-state index contributed by atoms with van der Waals surface area (Å²) in [5.74, 6) is 0.602. The Morgan fingerprint density at radius 2 is 1.78 bits per heavy atom. The lowest BCUT2D eigenvalue weighted by molar-refractivity contribution is 0.0303. The van der Waals surface area contributed by atoms with Crippen LogP contribution >= 0.6 is 0 Å². The lowest BCUT2D eigenvalue weighted by Crippen LogP contribution is -2.40. The lowest BCUT2D eigenvalue weighted by Gasteiger charge is -2.26. The van der Waals surface area contributed by atoms with Gasteiger partial charge in [0.15, 0.2) is 0 Å². The summed E-state index contributed by atoms with van der Waals surface area (Å²) in [7, 11) is 1.55. The largest absolute Gasteiger partial charge is 0.495 e. The number of rotatable bonds is 5. The first-order valence-corrected chi connectivity index (χ1v) is 8.81. The van der Waals surface area contributed by atoms with Gasteiger partial charge in [0, 0.05) is 25.2 Å². The fraction of sp³-hybridized carbons (Fsp3) is 0.300. The van der Waals surface area contributed by atoms with E-state index in [2.05, 4.69) is 10.6 Å². The number of hydrogen-bond acceptors (Lipinski definition) is 4. The van der Waals surface area contributed by atoms with Gasteiger partial charge in [-0.1, -0.05) is 24.3 Å². The molecule has 1 saturated heterocycles. The van der Waals surface area contributed by atoms with E-state index in [1.165, 1.54) is 0 Å². The predicted molar refractivity (Wildman–Crippen MR) is 102 cm³/mol. The van der Waals surface area contributed by atoms with Gasteiger partial charge in [-0.05, 0) is 29.8 Å². The number of nitrogens with one attached hydrogen (secondary N) is 2. The van der Waals surface area contributed by atoms with Crippen LogP contribution in [0.25, 0.3) is 0 Å². The van der Waals surface area contributed by atoms with Gasteiger partial charge in [0.2, 0.25) is 0 Å². The Bertz CT molecular complexity index is 786. The van der Waals surface area contributed by atoms with Gasteiger partial charge in [-0.2, -0.15) is 0 Å². The Morgan fingerprint density at radius 3 is 2.48 bits per heavy atom. The summed E-state index contributed by atoms with van der Waals surface area (Å²) < 4.78 is 10.5. The Balaban J connectivity index is 1.52. The molecule has 0 bridgehead atoms. The first kappa shape index (κ1) is 18.7. The van der Waals surface area contributed by atoms with Crippen molar-refractivity contribution in [3.8, 4) is 5.75 Å². The van der Waals surface area contributed by atoms with Crippen molar-refractivity contribution in [2.45, 2.75) is 6.54 Å². The van der Waals surface area contributed by atoms with E-state index >= 15 is 0 Å². The number of carbonyl (C=O) groups is 2. The van der Waals surface area contributed by atoms with E-state index < -0.39 is 0 Å². The smallest absolute Gasteiger partial charge is 0.319 e.